The van der Waals surface area contributed by atoms with E-state index in [0.717, 1.165) is 16.2 Å². The zero-order chi connectivity index (χ0) is 16.7. The third kappa shape index (κ3) is 4.99. The second kappa shape index (κ2) is 8.57. The van der Waals surface area contributed by atoms with Crippen LogP contribution in [0.2, 0.25) is 0 Å². The number of rotatable bonds is 8. The first-order valence-corrected chi connectivity index (χ1v) is 8.92. The van der Waals surface area contributed by atoms with Gasteiger partial charge in [-0.05, 0) is 30.4 Å². The first kappa shape index (κ1) is 17.3. The number of hydrogen-bond acceptors (Lipinski definition) is 4. The molecule has 1 fully saturated rings. The lowest BCUT2D eigenvalue weighted by molar-refractivity contribution is -0.132. The molecule has 1 aliphatic rings. The SMILES string of the molecule is CSCC[C@H]1NC(=O)N(CC(=O)NCCc2ccccc2)C1=O. The number of nitrogens with zero attached hydrogens (tertiary/aromatic N) is 1. The van der Waals surface area contributed by atoms with Crippen LogP contribution in [0.15, 0.2) is 30.3 Å². The molecular formula is C16H21N3O3S. The van der Waals surface area contributed by atoms with E-state index in [1.807, 2.05) is 36.6 Å². The Kier molecular flexibility index (Phi) is 6.46. The molecule has 1 aromatic carbocycles. The molecule has 1 aromatic rings. The molecule has 2 N–H and O–H groups in total. The van der Waals surface area contributed by atoms with Crippen molar-refractivity contribution in [3.63, 3.8) is 0 Å². The van der Waals surface area contributed by atoms with Crippen molar-refractivity contribution >= 4 is 29.6 Å². The van der Waals surface area contributed by atoms with Crippen molar-refractivity contribution in [2.24, 2.45) is 0 Å². The lowest BCUT2D eigenvalue weighted by Gasteiger charge is -2.13. The number of imide groups is 1. The number of carbonyl (C=O) groups excluding carboxylic acids is 3. The van der Waals surface area contributed by atoms with Gasteiger partial charge in [0.25, 0.3) is 5.91 Å². The highest BCUT2D eigenvalue weighted by Gasteiger charge is 2.38. The minimum atomic E-state index is -0.507. The molecule has 1 heterocycles. The Labute approximate surface area is 140 Å². The van der Waals surface area contributed by atoms with E-state index in [0.29, 0.717) is 19.4 Å². The van der Waals surface area contributed by atoms with E-state index in [9.17, 15) is 14.4 Å². The fourth-order valence-electron chi connectivity index (χ4n) is 2.35. The Hall–Kier alpha value is -2.02. The summed E-state index contributed by atoms with van der Waals surface area (Å²) in [7, 11) is 0. The zero-order valence-corrected chi connectivity index (χ0v) is 13.9. The zero-order valence-electron chi connectivity index (χ0n) is 13.1. The van der Waals surface area contributed by atoms with Crippen LogP contribution in [0.4, 0.5) is 4.79 Å². The van der Waals surface area contributed by atoms with E-state index in [1.54, 1.807) is 11.8 Å². The van der Waals surface area contributed by atoms with Crippen LogP contribution < -0.4 is 10.6 Å². The molecule has 6 nitrogen and oxygen atoms in total. The van der Waals surface area contributed by atoms with Gasteiger partial charge in [0.15, 0.2) is 0 Å². The average Bonchev–Trinajstić information content (AvgIpc) is 2.81. The number of nitrogens with one attached hydrogen (secondary N) is 2. The quantitative estimate of drug-likeness (QED) is 0.695. The van der Waals surface area contributed by atoms with Crippen molar-refractivity contribution in [3.05, 3.63) is 35.9 Å². The van der Waals surface area contributed by atoms with Gasteiger partial charge < -0.3 is 10.6 Å². The molecule has 23 heavy (non-hydrogen) atoms. The lowest BCUT2D eigenvalue weighted by atomic mass is 10.1. The molecule has 0 spiro atoms. The van der Waals surface area contributed by atoms with Gasteiger partial charge in [-0.15, -0.1) is 0 Å². The summed E-state index contributed by atoms with van der Waals surface area (Å²) in [5, 5.41) is 5.36. The number of thioether (sulfide) groups is 1. The van der Waals surface area contributed by atoms with Crippen molar-refractivity contribution in [1.82, 2.24) is 15.5 Å². The topological polar surface area (TPSA) is 78.5 Å². The van der Waals surface area contributed by atoms with E-state index in [4.69, 9.17) is 0 Å². The summed E-state index contributed by atoms with van der Waals surface area (Å²) in [4.78, 5) is 36.8. The second-order valence-electron chi connectivity index (χ2n) is 5.29. The standard InChI is InChI=1S/C16H21N3O3S/c1-23-10-8-13-15(21)19(16(22)18-13)11-14(20)17-9-7-12-5-3-2-4-6-12/h2-6,13H,7-11H2,1H3,(H,17,20)(H,18,22)/t13-/m1/s1. The normalized spacial score (nSPS) is 17.3. The first-order chi connectivity index (χ1) is 11.1. The van der Waals surface area contributed by atoms with E-state index >= 15 is 0 Å². The summed E-state index contributed by atoms with van der Waals surface area (Å²) in [5.74, 6) is 0.144. The second-order valence-corrected chi connectivity index (χ2v) is 6.28. The fraction of sp³-hybridized carbons (Fsp3) is 0.438. The summed E-state index contributed by atoms with van der Waals surface area (Å²) < 4.78 is 0. The monoisotopic (exact) mass is 335 g/mol. The van der Waals surface area contributed by atoms with Crippen LogP contribution in [0.3, 0.4) is 0 Å². The predicted octanol–water partition coefficient (Wildman–Crippen LogP) is 1.02. The minimum Gasteiger partial charge on any atom is -0.354 e. The predicted molar refractivity (Wildman–Crippen MR) is 90.2 cm³/mol. The number of carbonyl (C=O) groups is 3. The molecule has 7 heteroatoms. The molecule has 2 rings (SSSR count). The maximum absolute atomic E-state index is 12.1. The molecular weight excluding hydrogens is 314 g/mol. The van der Waals surface area contributed by atoms with Crippen LogP contribution in [0.25, 0.3) is 0 Å². The third-order valence-electron chi connectivity index (χ3n) is 3.60. The molecule has 1 saturated heterocycles. The van der Waals surface area contributed by atoms with E-state index in [2.05, 4.69) is 10.6 Å². The van der Waals surface area contributed by atoms with Gasteiger partial charge in [-0.3, -0.25) is 14.5 Å². The van der Waals surface area contributed by atoms with Crippen LogP contribution >= 0.6 is 11.8 Å². The van der Waals surface area contributed by atoms with Crippen LogP contribution in [-0.2, 0) is 16.0 Å². The molecule has 0 aromatic heterocycles. The van der Waals surface area contributed by atoms with Gasteiger partial charge in [-0.2, -0.15) is 11.8 Å². The van der Waals surface area contributed by atoms with Crippen LogP contribution in [0, 0.1) is 0 Å². The van der Waals surface area contributed by atoms with E-state index in [-0.39, 0.29) is 18.4 Å². The van der Waals surface area contributed by atoms with E-state index in [1.165, 1.54) is 0 Å². The summed E-state index contributed by atoms with van der Waals surface area (Å²) in [6, 6.07) is 8.80. The van der Waals surface area contributed by atoms with Crippen molar-refractivity contribution in [3.8, 4) is 0 Å². The molecule has 1 aliphatic heterocycles. The number of amides is 4. The maximum atomic E-state index is 12.1. The Morgan fingerprint density at radius 2 is 2.04 bits per heavy atom. The van der Waals surface area contributed by atoms with E-state index < -0.39 is 12.1 Å². The van der Waals surface area contributed by atoms with Gasteiger partial charge in [0.05, 0.1) is 0 Å². The largest absolute Gasteiger partial charge is 0.354 e. The highest BCUT2D eigenvalue weighted by molar-refractivity contribution is 7.98. The number of urea groups is 1. The number of hydrogen-bond donors (Lipinski definition) is 2. The first-order valence-electron chi connectivity index (χ1n) is 7.53. The van der Waals surface area contributed by atoms with Crippen LogP contribution in [0.5, 0.6) is 0 Å². The van der Waals surface area contributed by atoms with Crippen molar-refractivity contribution in [1.29, 1.82) is 0 Å². The molecule has 124 valence electrons. The summed E-state index contributed by atoms with van der Waals surface area (Å²) in [5.41, 5.74) is 1.12. The van der Waals surface area contributed by atoms with Gasteiger partial charge in [0, 0.05) is 6.54 Å². The highest BCUT2D eigenvalue weighted by Crippen LogP contribution is 2.11. The Balaban J connectivity index is 1.76. The van der Waals surface area contributed by atoms with Crippen LogP contribution in [-0.4, -0.2) is 53.9 Å². The summed E-state index contributed by atoms with van der Waals surface area (Å²) in [6.07, 6.45) is 3.24. The smallest absolute Gasteiger partial charge is 0.325 e. The lowest BCUT2D eigenvalue weighted by Crippen LogP contribution is -2.41. The molecule has 4 amide bonds. The molecule has 0 saturated carbocycles. The molecule has 0 unspecified atom stereocenters. The van der Waals surface area contributed by atoms with Crippen molar-refractivity contribution in [2.45, 2.75) is 18.9 Å². The molecule has 0 radical (unpaired) electrons. The maximum Gasteiger partial charge on any atom is 0.325 e. The Morgan fingerprint density at radius 3 is 2.74 bits per heavy atom. The summed E-state index contributed by atoms with van der Waals surface area (Å²) >= 11 is 1.61. The van der Waals surface area contributed by atoms with Gasteiger partial charge >= 0.3 is 6.03 Å². The summed E-state index contributed by atoms with van der Waals surface area (Å²) in [6.45, 7) is 0.248. The van der Waals surface area contributed by atoms with Gasteiger partial charge in [-0.25, -0.2) is 4.79 Å². The van der Waals surface area contributed by atoms with Gasteiger partial charge in [0.2, 0.25) is 5.91 Å². The fourth-order valence-corrected chi connectivity index (χ4v) is 2.82. The molecule has 0 aliphatic carbocycles. The highest BCUT2D eigenvalue weighted by atomic mass is 32.2. The molecule has 1 atom stereocenters. The number of benzene rings is 1. The third-order valence-corrected chi connectivity index (χ3v) is 4.24. The average molecular weight is 335 g/mol. The Bertz CT molecular complexity index is 565. The van der Waals surface area contributed by atoms with Crippen LogP contribution in [0.1, 0.15) is 12.0 Å². The van der Waals surface area contributed by atoms with Crippen molar-refractivity contribution < 1.29 is 14.4 Å². The minimum absolute atomic E-state index is 0.227. The van der Waals surface area contributed by atoms with Gasteiger partial charge in [-0.1, -0.05) is 30.3 Å². The molecule has 0 bridgehead atoms. The Morgan fingerprint density at radius 1 is 1.30 bits per heavy atom. The van der Waals surface area contributed by atoms with Crippen molar-refractivity contribution in [2.75, 3.05) is 25.1 Å². The van der Waals surface area contributed by atoms with Gasteiger partial charge in [0.1, 0.15) is 12.6 Å².